The Hall–Kier alpha value is -1.07. The minimum Gasteiger partial charge on any atom is -0.477 e. The SMILES string of the molecule is CC(C)CCSCc1c(C(=O)O)sc2cccc(F)c12. The molecule has 0 bridgehead atoms. The molecule has 0 aliphatic carbocycles. The average Bonchev–Trinajstić information content (AvgIpc) is 2.75. The molecule has 5 heteroatoms. The molecule has 0 unspecified atom stereocenters. The van der Waals surface area contributed by atoms with E-state index >= 15 is 0 Å². The van der Waals surface area contributed by atoms with Gasteiger partial charge in [-0.25, -0.2) is 9.18 Å². The van der Waals surface area contributed by atoms with Gasteiger partial charge in [-0.15, -0.1) is 11.3 Å². The summed E-state index contributed by atoms with van der Waals surface area (Å²) in [5.74, 6) is 0.839. The highest BCUT2D eigenvalue weighted by Crippen LogP contribution is 2.35. The fourth-order valence-electron chi connectivity index (χ4n) is 1.97. The Morgan fingerprint density at radius 2 is 2.20 bits per heavy atom. The van der Waals surface area contributed by atoms with Gasteiger partial charge < -0.3 is 5.11 Å². The summed E-state index contributed by atoms with van der Waals surface area (Å²) < 4.78 is 14.7. The number of fused-ring (bicyclic) bond motifs is 1. The maximum Gasteiger partial charge on any atom is 0.346 e. The number of benzene rings is 1. The highest BCUT2D eigenvalue weighted by Gasteiger charge is 2.19. The van der Waals surface area contributed by atoms with Crippen LogP contribution in [0.15, 0.2) is 18.2 Å². The van der Waals surface area contributed by atoms with Crippen LogP contribution in [0.4, 0.5) is 4.39 Å². The Bertz CT molecular complexity index is 620. The van der Waals surface area contributed by atoms with Crippen molar-refractivity contribution in [3.63, 3.8) is 0 Å². The van der Waals surface area contributed by atoms with Crippen molar-refractivity contribution < 1.29 is 14.3 Å². The van der Waals surface area contributed by atoms with Crippen LogP contribution in [-0.4, -0.2) is 16.8 Å². The van der Waals surface area contributed by atoms with Gasteiger partial charge in [0.05, 0.1) is 0 Å². The topological polar surface area (TPSA) is 37.3 Å². The molecule has 20 heavy (non-hydrogen) atoms. The Kier molecular flexibility index (Phi) is 5.05. The van der Waals surface area contributed by atoms with E-state index < -0.39 is 5.97 Å². The van der Waals surface area contributed by atoms with E-state index in [0.29, 0.717) is 27.3 Å². The van der Waals surface area contributed by atoms with E-state index in [4.69, 9.17) is 0 Å². The number of thioether (sulfide) groups is 1. The normalized spacial score (nSPS) is 11.4. The van der Waals surface area contributed by atoms with Gasteiger partial charge in [0, 0.05) is 15.8 Å². The van der Waals surface area contributed by atoms with Crippen molar-refractivity contribution in [2.24, 2.45) is 5.92 Å². The molecule has 0 radical (unpaired) electrons. The zero-order chi connectivity index (χ0) is 14.7. The summed E-state index contributed by atoms with van der Waals surface area (Å²) in [7, 11) is 0. The van der Waals surface area contributed by atoms with Crippen LogP contribution in [0.3, 0.4) is 0 Å². The third-order valence-corrected chi connectivity index (χ3v) is 5.25. The second-order valence-corrected chi connectivity index (χ2v) is 7.22. The number of thiophene rings is 1. The standard InChI is InChI=1S/C15H17FO2S2/c1-9(2)6-7-19-8-10-13-11(16)4-3-5-12(13)20-14(10)15(17)18/h3-5,9H,6-8H2,1-2H3,(H,17,18). The molecule has 0 saturated heterocycles. The van der Waals surface area contributed by atoms with Crippen molar-refractivity contribution in [2.75, 3.05) is 5.75 Å². The van der Waals surface area contributed by atoms with Gasteiger partial charge in [-0.3, -0.25) is 0 Å². The molecule has 0 atom stereocenters. The number of hydrogen-bond donors (Lipinski definition) is 1. The summed E-state index contributed by atoms with van der Waals surface area (Å²) in [6.07, 6.45) is 1.08. The first kappa shape index (κ1) is 15.3. The number of hydrogen-bond acceptors (Lipinski definition) is 3. The van der Waals surface area contributed by atoms with E-state index in [2.05, 4.69) is 13.8 Å². The number of carboxylic acids is 1. The lowest BCUT2D eigenvalue weighted by atomic mass is 10.1. The van der Waals surface area contributed by atoms with Crippen molar-refractivity contribution in [2.45, 2.75) is 26.0 Å². The Morgan fingerprint density at radius 3 is 2.85 bits per heavy atom. The molecule has 1 aromatic heterocycles. The predicted octanol–water partition coefficient (Wildman–Crippen LogP) is 5.02. The van der Waals surface area contributed by atoms with Crippen LogP contribution >= 0.6 is 23.1 Å². The Balaban J connectivity index is 2.29. The molecule has 0 fully saturated rings. The van der Waals surface area contributed by atoms with Crippen molar-refractivity contribution >= 4 is 39.2 Å². The highest BCUT2D eigenvalue weighted by molar-refractivity contribution is 7.98. The van der Waals surface area contributed by atoms with Crippen molar-refractivity contribution in [3.8, 4) is 0 Å². The number of rotatable bonds is 6. The zero-order valence-corrected chi connectivity index (χ0v) is 13.1. The lowest BCUT2D eigenvalue weighted by Crippen LogP contribution is -1.98. The van der Waals surface area contributed by atoms with E-state index in [0.717, 1.165) is 23.5 Å². The van der Waals surface area contributed by atoms with Crippen molar-refractivity contribution in [3.05, 3.63) is 34.5 Å². The number of halogens is 1. The van der Waals surface area contributed by atoms with Crippen LogP contribution in [0.25, 0.3) is 10.1 Å². The number of aromatic carboxylic acids is 1. The van der Waals surface area contributed by atoms with Crippen LogP contribution in [0.5, 0.6) is 0 Å². The summed E-state index contributed by atoms with van der Waals surface area (Å²) in [6, 6.07) is 4.79. The molecule has 2 rings (SSSR count). The quantitative estimate of drug-likeness (QED) is 0.761. The van der Waals surface area contributed by atoms with Gasteiger partial charge in [0.1, 0.15) is 10.7 Å². The molecule has 108 valence electrons. The molecule has 0 amide bonds. The van der Waals surface area contributed by atoms with Crippen LogP contribution in [0.2, 0.25) is 0 Å². The van der Waals surface area contributed by atoms with Crippen LogP contribution in [0.1, 0.15) is 35.5 Å². The predicted molar refractivity (Wildman–Crippen MR) is 84.4 cm³/mol. The van der Waals surface area contributed by atoms with Gasteiger partial charge in [-0.1, -0.05) is 19.9 Å². The number of carbonyl (C=O) groups is 1. The van der Waals surface area contributed by atoms with E-state index in [-0.39, 0.29) is 10.7 Å². The maximum absolute atomic E-state index is 14.0. The van der Waals surface area contributed by atoms with Crippen LogP contribution in [-0.2, 0) is 5.75 Å². The van der Waals surface area contributed by atoms with E-state index in [1.54, 1.807) is 23.9 Å². The molecule has 0 spiro atoms. The zero-order valence-electron chi connectivity index (χ0n) is 11.5. The van der Waals surface area contributed by atoms with Gasteiger partial charge in [-0.05, 0) is 35.8 Å². The lowest BCUT2D eigenvalue weighted by molar-refractivity contribution is 0.0701. The van der Waals surface area contributed by atoms with Crippen molar-refractivity contribution in [1.82, 2.24) is 0 Å². The van der Waals surface area contributed by atoms with E-state index in [1.165, 1.54) is 6.07 Å². The monoisotopic (exact) mass is 312 g/mol. The molecule has 1 aromatic carbocycles. The molecular weight excluding hydrogens is 295 g/mol. The number of carboxylic acid groups (broad SMARTS) is 1. The van der Waals surface area contributed by atoms with Gasteiger partial charge in [0.15, 0.2) is 0 Å². The molecule has 2 aromatic rings. The third kappa shape index (κ3) is 3.33. The molecule has 0 aliphatic rings. The molecule has 1 N–H and O–H groups in total. The summed E-state index contributed by atoms with van der Waals surface area (Å²) in [5, 5.41) is 9.76. The first-order valence-electron chi connectivity index (χ1n) is 6.51. The van der Waals surface area contributed by atoms with E-state index in [9.17, 15) is 14.3 Å². The Labute approximate surface area is 126 Å². The summed E-state index contributed by atoms with van der Waals surface area (Å²) in [6.45, 7) is 4.31. The third-order valence-electron chi connectivity index (χ3n) is 3.04. The fourth-order valence-corrected chi connectivity index (χ4v) is 4.41. The molecular formula is C15H17FO2S2. The van der Waals surface area contributed by atoms with Gasteiger partial charge in [-0.2, -0.15) is 11.8 Å². The molecule has 0 saturated carbocycles. The lowest BCUT2D eigenvalue weighted by Gasteiger charge is -2.05. The average molecular weight is 312 g/mol. The maximum atomic E-state index is 14.0. The van der Waals surface area contributed by atoms with Crippen LogP contribution < -0.4 is 0 Å². The smallest absolute Gasteiger partial charge is 0.346 e. The highest BCUT2D eigenvalue weighted by atomic mass is 32.2. The molecule has 2 nitrogen and oxygen atoms in total. The minimum atomic E-state index is -0.968. The van der Waals surface area contributed by atoms with Gasteiger partial charge in [0.25, 0.3) is 0 Å². The summed E-state index contributed by atoms with van der Waals surface area (Å²) in [4.78, 5) is 11.6. The molecule has 1 heterocycles. The first-order valence-corrected chi connectivity index (χ1v) is 8.48. The molecule has 0 aliphatic heterocycles. The van der Waals surface area contributed by atoms with Gasteiger partial charge in [0.2, 0.25) is 0 Å². The second kappa shape index (κ2) is 6.59. The van der Waals surface area contributed by atoms with Crippen molar-refractivity contribution in [1.29, 1.82) is 0 Å². The second-order valence-electron chi connectivity index (χ2n) is 5.06. The summed E-state index contributed by atoms with van der Waals surface area (Å²) >= 11 is 2.83. The van der Waals surface area contributed by atoms with Gasteiger partial charge >= 0.3 is 5.97 Å². The summed E-state index contributed by atoms with van der Waals surface area (Å²) in [5.41, 5.74) is 0.629. The fraction of sp³-hybridized carbons (Fsp3) is 0.400. The van der Waals surface area contributed by atoms with Crippen LogP contribution in [0, 0.1) is 11.7 Å². The minimum absolute atomic E-state index is 0.266. The Morgan fingerprint density at radius 1 is 1.45 bits per heavy atom. The first-order chi connectivity index (χ1) is 9.50. The largest absolute Gasteiger partial charge is 0.477 e. The van der Waals surface area contributed by atoms with E-state index in [1.807, 2.05) is 0 Å².